The van der Waals surface area contributed by atoms with Gasteiger partial charge in [-0.05, 0) is 26.0 Å². The molecular formula is C15H19N3O2. The number of carbonyl (C=O) groups excluding carboxylic acids is 2. The molecule has 1 fully saturated rings. The van der Waals surface area contributed by atoms with Crippen LogP contribution in [-0.2, 0) is 0 Å². The van der Waals surface area contributed by atoms with Gasteiger partial charge in [0.25, 0.3) is 11.8 Å². The van der Waals surface area contributed by atoms with Crippen molar-refractivity contribution >= 4 is 11.8 Å². The highest BCUT2D eigenvalue weighted by molar-refractivity contribution is 6.21. The third kappa shape index (κ3) is 2.23. The van der Waals surface area contributed by atoms with Crippen molar-refractivity contribution < 1.29 is 9.59 Å². The van der Waals surface area contributed by atoms with E-state index in [0.717, 1.165) is 13.1 Å². The summed E-state index contributed by atoms with van der Waals surface area (Å²) in [6, 6.07) is 7.77. The van der Waals surface area contributed by atoms with Crippen molar-refractivity contribution in [1.29, 1.82) is 0 Å². The predicted octanol–water partition coefficient (Wildman–Crippen LogP) is 0.922. The fourth-order valence-electron chi connectivity index (χ4n) is 3.12. The number of rotatable bonds is 2. The van der Waals surface area contributed by atoms with E-state index in [2.05, 4.69) is 24.1 Å². The molecule has 1 N–H and O–H groups in total. The van der Waals surface area contributed by atoms with Gasteiger partial charge in [-0.2, -0.15) is 0 Å². The molecule has 0 spiro atoms. The molecule has 2 atom stereocenters. The third-order valence-corrected chi connectivity index (χ3v) is 3.85. The van der Waals surface area contributed by atoms with Gasteiger partial charge in [0.2, 0.25) is 0 Å². The summed E-state index contributed by atoms with van der Waals surface area (Å²) in [4.78, 5) is 28.1. The minimum atomic E-state index is -0.176. The summed E-state index contributed by atoms with van der Waals surface area (Å²) in [5.41, 5.74) is 1.04. The minimum Gasteiger partial charge on any atom is -0.309 e. The Morgan fingerprint density at radius 2 is 1.55 bits per heavy atom. The van der Waals surface area contributed by atoms with E-state index in [-0.39, 0.29) is 11.8 Å². The van der Waals surface area contributed by atoms with Crippen LogP contribution in [0.1, 0.15) is 34.6 Å². The van der Waals surface area contributed by atoms with Crippen LogP contribution in [0.4, 0.5) is 0 Å². The molecule has 2 aliphatic heterocycles. The lowest BCUT2D eigenvalue weighted by Crippen LogP contribution is -2.57. The van der Waals surface area contributed by atoms with E-state index in [9.17, 15) is 9.59 Å². The van der Waals surface area contributed by atoms with Gasteiger partial charge < -0.3 is 5.32 Å². The van der Waals surface area contributed by atoms with Crippen LogP contribution in [0.2, 0.25) is 0 Å². The monoisotopic (exact) mass is 273 g/mol. The van der Waals surface area contributed by atoms with Gasteiger partial charge in [-0.1, -0.05) is 12.1 Å². The second kappa shape index (κ2) is 5.00. The fourth-order valence-corrected chi connectivity index (χ4v) is 3.12. The zero-order valence-electron chi connectivity index (χ0n) is 11.8. The van der Waals surface area contributed by atoms with Gasteiger partial charge in [-0.3, -0.25) is 19.4 Å². The number of carbonyl (C=O) groups is 2. The summed E-state index contributed by atoms with van der Waals surface area (Å²) in [5.74, 6) is -0.353. The first-order chi connectivity index (χ1) is 9.56. The van der Waals surface area contributed by atoms with Gasteiger partial charge in [-0.25, -0.2) is 0 Å². The highest BCUT2D eigenvalue weighted by Crippen LogP contribution is 2.22. The van der Waals surface area contributed by atoms with Crippen LogP contribution in [0, 0.1) is 0 Å². The summed E-state index contributed by atoms with van der Waals surface area (Å²) in [5, 5.41) is 3.44. The molecule has 106 valence electrons. The number of piperazine rings is 1. The highest BCUT2D eigenvalue weighted by Gasteiger charge is 2.36. The van der Waals surface area contributed by atoms with Crippen molar-refractivity contribution in [2.45, 2.75) is 25.9 Å². The van der Waals surface area contributed by atoms with E-state index in [1.54, 1.807) is 24.3 Å². The second-order valence-electron chi connectivity index (χ2n) is 5.73. The van der Waals surface area contributed by atoms with Gasteiger partial charge in [0, 0.05) is 25.2 Å². The van der Waals surface area contributed by atoms with Crippen molar-refractivity contribution in [3.63, 3.8) is 0 Å². The number of hydrogen-bond donors (Lipinski definition) is 1. The Morgan fingerprint density at radius 3 is 2.05 bits per heavy atom. The summed E-state index contributed by atoms with van der Waals surface area (Å²) < 4.78 is 0. The molecule has 20 heavy (non-hydrogen) atoms. The van der Waals surface area contributed by atoms with Crippen LogP contribution < -0.4 is 5.32 Å². The summed E-state index contributed by atoms with van der Waals surface area (Å²) in [6.07, 6.45) is 0. The van der Waals surface area contributed by atoms with Crippen molar-refractivity contribution in [2.75, 3.05) is 19.8 Å². The van der Waals surface area contributed by atoms with Gasteiger partial charge in [0.05, 0.1) is 17.8 Å². The van der Waals surface area contributed by atoms with Crippen LogP contribution in [-0.4, -0.2) is 53.5 Å². The van der Waals surface area contributed by atoms with Crippen molar-refractivity contribution in [2.24, 2.45) is 0 Å². The van der Waals surface area contributed by atoms with E-state index in [1.165, 1.54) is 4.90 Å². The number of nitrogens with zero attached hydrogens (tertiary/aromatic N) is 2. The molecule has 5 heteroatoms. The quantitative estimate of drug-likeness (QED) is 0.814. The van der Waals surface area contributed by atoms with E-state index in [1.807, 2.05) is 0 Å². The molecule has 1 saturated heterocycles. The lowest BCUT2D eigenvalue weighted by atomic mass is 10.1. The molecule has 1 aromatic rings. The van der Waals surface area contributed by atoms with Gasteiger partial charge in [-0.15, -0.1) is 0 Å². The Labute approximate surface area is 118 Å². The zero-order valence-corrected chi connectivity index (χ0v) is 11.8. The topological polar surface area (TPSA) is 52.7 Å². The minimum absolute atomic E-state index is 0.176. The van der Waals surface area contributed by atoms with Gasteiger partial charge >= 0.3 is 0 Å². The SMILES string of the molecule is CC1CN(CN2C(=O)c3ccccc3C2=O)CC(C)N1. The molecule has 5 nitrogen and oxygen atoms in total. The summed E-state index contributed by atoms with van der Waals surface area (Å²) >= 11 is 0. The van der Waals surface area contributed by atoms with Crippen molar-refractivity contribution in [3.05, 3.63) is 35.4 Å². The lowest BCUT2D eigenvalue weighted by molar-refractivity contribution is 0.0481. The molecular weight excluding hydrogens is 254 g/mol. The standard InChI is InChI=1S/C15H19N3O2/c1-10-7-17(8-11(2)16-10)9-18-14(19)12-5-3-4-6-13(12)15(18)20/h3-6,10-11,16H,7-9H2,1-2H3. The molecule has 2 unspecified atom stereocenters. The van der Waals surface area contributed by atoms with E-state index >= 15 is 0 Å². The van der Waals surface area contributed by atoms with E-state index < -0.39 is 0 Å². The Morgan fingerprint density at radius 1 is 1.05 bits per heavy atom. The number of nitrogens with one attached hydrogen (secondary N) is 1. The van der Waals surface area contributed by atoms with Gasteiger partial charge in [0.1, 0.15) is 0 Å². The molecule has 0 bridgehead atoms. The van der Waals surface area contributed by atoms with E-state index in [4.69, 9.17) is 0 Å². The third-order valence-electron chi connectivity index (χ3n) is 3.85. The number of amides is 2. The predicted molar refractivity (Wildman–Crippen MR) is 75.4 cm³/mol. The second-order valence-corrected chi connectivity index (χ2v) is 5.73. The average molecular weight is 273 g/mol. The van der Waals surface area contributed by atoms with Crippen molar-refractivity contribution in [3.8, 4) is 0 Å². The fraction of sp³-hybridized carbons (Fsp3) is 0.467. The first kappa shape index (κ1) is 13.3. The zero-order chi connectivity index (χ0) is 14.3. The number of hydrogen-bond acceptors (Lipinski definition) is 4. The summed E-state index contributed by atoms with van der Waals surface area (Å²) in [6.45, 7) is 6.30. The molecule has 3 rings (SSSR count). The first-order valence-corrected chi connectivity index (χ1v) is 7.00. The van der Waals surface area contributed by atoms with Crippen LogP contribution in [0.15, 0.2) is 24.3 Å². The molecule has 2 heterocycles. The smallest absolute Gasteiger partial charge is 0.262 e. The number of imide groups is 1. The highest BCUT2D eigenvalue weighted by atomic mass is 16.2. The number of benzene rings is 1. The Kier molecular flexibility index (Phi) is 3.31. The molecule has 0 radical (unpaired) electrons. The largest absolute Gasteiger partial charge is 0.309 e. The Balaban J connectivity index is 1.76. The van der Waals surface area contributed by atoms with Crippen LogP contribution in [0.5, 0.6) is 0 Å². The number of fused-ring (bicyclic) bond motifs is 1. The van der Waals surface area contributed by atoms with Gasteiger partial charge in [0.15, 0.2) is 0 Å². The van der Waals surface area contributed by atoms with Crippen LogP contribution >= 0.6 is 0 Å². The molecule has 0 aromatic heterocycles. The van der Waals surface area contributed by atoms with Crippen LogP contribution in [0.25, 0.3) is 0 Å². The molecule has 1 aromatic carbocycles. The summed E-state index contributed by atoms with van der Waals surface area (Å²) in [7, 11) is 0. The maximum Gasteiger partial charge on any atom is 0.262 e. The molecule has 0 aliphatic carbocycles. The molecule has 0 saturated carbocycles. The maximum atomic E-state index is 12.3. The maximum absolute atomic E-state index is 12.3. The average Bonchev–Trinajstić information content (AvgIpc) is 2.64. The normalized spacial score (nSPS) is 27.0. The van der Waals surface area contributed by atoms with E-state index in [0.29, 0.717) is 29.9 Å². The molecule has 2 amide bonds. The molecule has 2 aliphatic rings. The lowest BCUT2D eigenvalue weighted by Gasteiger charge is -2.37. The van der Waals surface area contributed by atoms with Crippen molar-refractivity contribution in [1.82, 2.24) is 15.1 Å². The van der Waals surface area contributed by atoms with Crippen LogP contribution in [0.3, 0.4) is 0 Å². The first-order valence-electron chi connectivity index (χ1n) is 7.00. The Bertz CT molecular complexity index is 513. The Hall–Kier alpha value is -1.72.